The average Bonchev–Trinajstić information content (AvgIpc) is 1.78. The number of phosphoric ester groups is 1. The van der Waals surface area contributed by atoms with Gasteiger partial charge in [-0.25, -0.2) is 9.13 Å². The Kier molecular flexibility index (Phi) is 4.58. The van der Waals surface area contributed by atoms with Crippen LogP contribution in [-0.4, -0.2) is 21.3 Å². The number of rotatable bonds is 5. The molecule has 0 rings (SSSR count). The molecular weight excluding hydrogens is 210 g/mol. The molecule has 0 aliphatic heterocycles. The zero-order valence-corrected chi connectivity index (χ0v) is 8.07. The average molecular weight is 220 g/mol. The van der Waals surface area contributed by atoms with E-state index in [0.29, 0.717) is 6.42 Å². The summed E-state index contributed by atoms with van der Waals surface area (Å²) in [6.07, 6.45) is 0.440. The van der Waals surface area contributed by atoms with E-state index in [9.17, 15) is 9.13 Å². The first kappa shape index (κ1) is 12.3. The molecule has 0 spiro atoms. The van der Waals surface area contributed by atoms with E-state index in [-0.39, 0.29) is 6.61 Å². The zero-order chi connectivity index (χ0) is 9.83. The van der Waals surface area contributed by atoms with Crippen LogP contribution in [-0.2, 0) is 18.0 Å². The summed E-state index contributed by atoms with van der Waals surface area (Å²) in [5, 5.41) is 0. The molecule has 0 aromatic rings. The second-order valence-electron chi connectivity index (χ2n) is 1.87. The Bertz CT molecular complexity index is 219. The van der Waals surface area contributed by atoms with Gasteiger partial charge in [0.25, 0.3) is 0 Å². The minimum absolute atomic E-state index is 0.103. The maximum Gasteiger partial charge on any atom is 0.481 e. The highest BCUT2D eigenvalue weighted by atomic mass is 31.3. The van der Waals surface area contributed by atoms with Crippen LogP contribution in [0, 0.1) is 0 Å². The fourth-order valence-electron chi connectivity index (χ4n) is 0.365. The van der Waals surface area contributed by atoms with E-state index in [4.69, 9.17) is 14.7 Å². The van der Waals surface area contributed by atoms with Crippen molar-refractivity contribution >= 4 is 15.6 Å². The van der Waals surface area contributed by atoms with Gasteiger partial charge in [0.1, 0.15) is 0 Å². The van der Waals surface area contributed by atoms with Gasteiger partial charge in [-0.1, -0.05) is 6.92 Å². The molecule has 9 heteroatoms. The molecule has 12 heavy (non-hydrogen) atoms. The van der Waals surface area contributed by atoms with Crippen molar-refractivity contribution in [2.75, 3.05) is 6.61 Å². The Morgan fingerprint density at radius 1 is 1.25 bits per heavy atom. The summed E-state index contributed by atoms with van der Waals surface area (Å²) in [7, 11) is -9.56. The van der Waals surface area contributed by atoms with E-state index in [0.717, 1.165) is 0 Å². The predicted molar refractivity (Wildman–Crippen MR) is 39.2 cm³/mol. The Balaban J connectivity index is 4.05. The van der Waals surface area contributed by atoms with Crippen molar-refractivity contribution in [2.24, 2.45) is 0 Å². The van der Waals surface area contributed by atoms with Gasteiger partial charge in [0, 0.05) is 0 Å². The molecule has 0 aromatic heterocycles. The molecule has 0 radical (unpaired) electrons. The van der Waals surface area contributed by atoms with Crippen molar-refractivity contribution in [3.05, 3.63) is 0 Å². The highest BCUT2D eigenvalue weighted by Crippen LogP contribution is 2.57. The van der Waals surface area contributed by atoms with Gasteiger partial charge in [-0.3, -0.25) is 4.52 Å². The second-order valence-corrected chi connectivity index (χ2v) is 4.70. The first-order valence-electron chi connectivity index (χ1n) is 3.01. The van der Waals surface area contributed by atoms with Gasteiger partial charge in [0.2, 0.25) is 0 Å². The van der Waals surface area contributed by atoms with E-state index in [1.165, 1.54) is 0 Å². The lowest BCUT2D eigenvalue weighted by Gasteiger charge is -2.11. The Hall–Kier alpha value is 0.260. The molecule has 7 nitrogen and oxygen atoms in total. The quantitative estimate of drug-likeness (QED) is 0.582. The lowest BCUT2D eigenvalue weighted by atomic mass is 10.5. The lowest BCUT2D eigenvalue weighted by Crippen LogP contribution is -1.94. The first-order chi connectivity index (χ1) is 5.27. The molecule has 3 N–H and O–H groups in total. The normalized spacial score (nSPS) is 17.3. The number of hydrogen-bond donors (Lipinski definition) is 3. The highest BCUT2D eigenvalue weighted by molar-refractivity contribution is 7.60. The zero-order valence-electron chi connectivity index (χ0n) is 6.28. The fourth-order valence-corrected chi connectivity index (χ4v) is 2.04. The molecule has 0 heterocycles. The van der Waals surface area contributed by atoms with Gasteiger partial charge in [0.05, 0.1) is 6.61 Å². The fraction of sp³-hybridized carbons (Fsp3) is 1.00. The van der Waals surface area contributed by atoms with Gasteiger partial charge in [-0.05, 0) is 6.42 Å². The summed E-state index contributed by atoms with van der Waals surface area (Å²) < 4.78 is 28.3. The van der Waals surface area contributed by atoms with Gasteiger partial charge >= 0.3 is 15.6 Å². The topological polar surface area (TPSA) is 113 Å². The molecule has 1 unspecified atom stereocenters. The van der Waals surface area contributed by atoms with Crippen LogP contribution in [0.25, 0.3) is 0 Å². The van der Waals surface area contributed by atoms with Crippen molar-refractivity contribution in [1.29, 1.82) is 0 Å². The van der Waals surface area contributed by atoms with Gasteiger partial charge in [-0.2, -0.15) is 4.31 Å². The summed E-state index contributed by atoms with van der Waals surface area (Å²) in [5.41, 5.74) is 0. The molecule has 0 fully saturated rings. The largest absolute Gasteiger partial charge is 0.481 e. The maximum absolute atomic E-state index is 10.6. The Morgan fingerprint density at radius 2 is 1.75 bits per heavy atom. The summed E-state index contributed by atoms with van der Waals surface area (Å²) in [5.74, 6) is 0. The molecule has 1 atom stereocenters. The van der Waals surface area contributed by atoms with Crippen molar-refractivity contribution < 1.29 is 32.6 Å². The predicted octanol–water partition coefficient (Wildman–Crippen LogP) is 0.623. The van der Waals surface area contributed by atoms with Crippen LogP contribution in [0.1, 0.15) is 13.3 Å². The summed E-state index contributed by atoms with van der Waals surface area (Å²) in [6, 6.07) is 0. The molecule has 0 saturated carbocycles. The second kappa shape index (κ2) is 4.48. The molecule has 0 saturated heterocycles. The smallest absolute Gasteiger partial charge is 0.302 e. The third-order valence-electron chi connectivity index (χ3n) is 0.668. The number of hydrogen-bond acceptors (Lipinski definition) is 4. The molecule has 0 aliphatic carbocycles. The number of phosphoric acid groups is 2. The first-order valence-corrected chi connectivity index (χ1v) is 6.03. The van der Waals surface area contributed by atoms with Crippen molar-refractivity contribution in [3.8, 4) is 0 Å². The van der Waals surface area contributed by atoms with Gasteiger partial charge in [0.15, 0.2) is 0 Å². The van der Waals surface area contributed by atoms with Gasteiger partial charge in [-0.15, -0.1) is 0 Å². The van der Waals surface area contributed by atoms with E-state index in [1.54, 1.807) is 6.92 Å². The van der Waals surface area contributed by atoms with Crippen molar-refractivity contribution in [3.63, 3.8) is 0 Å². The van der Waals surface area contributed by atoms with Crippen LogP contribution >= 0.6 is 15.6 Å². The molecule has 0 aromatic carbocycles. The van der Waals surface area contributed by atoms with E-state index in [2.05, 4.69) is 8.83 Å². The maximum atomic E-state index is 10.6. The van der Waals surface area contributed by atoms with E-state index < -0.39 is 15.6 Å². The minimum Gasteiger partial charge on any atom is -0.302 e. The standard InChI is InChI=1S/C3H10O7P2/c1-2-3-9-12(7,8)10-11(4,5)6/h2-3H2,1H3,(H,7,8)(H2,4,5,6). The molecular formula is C3H10O7P2. The molecule has 74 valence electrons. The SMILES string of the molecule is CCCOP(=O)(O)OP(=O)(O)O. The van der Waals surface area contributed by atoms with Crippen LogP contribution in [0.15, 0.2) is 0 Å². The van der Waals surface area contributed by atoms with Crippen LogP contribution < -0.4 is 0 Å². The summed E-state index contributed by atoms with van der Waals surface area (Å²) in [4.78, 5) is 24.9. The highest BCUT2D eigenvalue weighted by Gasteiger charge is 2.31. The van der Waals surface area contributed by atoms with Gasteiger partial charge < -0.3 is 14.7 Å². The van der Waals surface area contributed by atoms with Crippen LogP contribution in [0.2, 0.25) is 0 Å². The third-order valence-corrected chi connectivity index (χ3v) is 2.85. The van der Waals surface area contributed by atoms with Crippen LogP contribution in [0.3, 0.4) is 0 Å². The summed E-state index contributed by atoms with van der Waals surface area (Å²) >= 11 is 0. The van der Waals surface area contributed by atoms with E-state index in [1.807, 2.05) is 0 Å². The van der Waals surface area contributed by atoms with Crippen LogP contribution in [0.4, 0.5) is 0 Å². The monoisotopic (exact) mass is 220 g/mol. The van der Waals surface area contributed by atoms with Crippen molar-refractivity contribution in [2.45, 2.75) is 13.3 Å². The lowest BCUT2D eigenvalue weighted by molar-refractivity contribution is 0.178. The van der Waals surface area contributed by atoms with Crippen LogP contribution in [0.5, 0.6) is 0 Å². The Morgan fingerprint density at radius 3 is 2.08 bits per heavy atom. The molecule has 0 aliphatic rings. The molecule has 0 amide bonds. The minimum atomic E-state index is -4.97. The Labute approximate surface area is 69.2 Å². The third kappa shape index (κ3) is 6.94. The molecule has 0 bridgehead atoms. The van der Waals surface area contributed by atoms with E-state index >= 15 is 0 Å². The summed E-state index contributed by atoms with van der Waals surface area (Å²) in [6.45, 7) is 1.56. The van der Waals surface area contributed by atoms with Crippen molar-refractivity contribution in [1.82, 2.24) is 0 Å².